The van der Waals surface area contributed by atoms with Gasteiger partial charge in [-0.3, -0.25) is 0 Å². The monoisotopic (exact) mass is 210 g/mol. The molecular formula is C14H14N2. The first-order valence-corrected chi connectivity index (χ1v) is 5.58. The summed E-state index contributed by atoms with van der Waals surface area (Å²) in [6.45, 7) is 6.42. The molecule has 1 aromatic carbocycles. The molecule has 0 radical (unpaired) electrons. The fourth-order valence-electron chi connectivity index (χ4n) is 2.51. The number of rotatable bonds is 0. The quantitative estimate of drug-likeness (QED) is 0.570. The molecule has 80 valence electrons. The van der Waals surface area contributed by atoms with Crippen molar-refractivity contribution in [2.45, 2.75) is 27.2 Å². The average molecular weight is 210 g/mol. The molecule has 0 bridgehead atoms. The normalized spacial score (nSPS) is 12.4. The predicted octanol–water partition coefficient (Wildman–Crippen LogP) is 2.97. The Morgan fingerprint density at radius 3 is 2.69 bits per heavy atom. The molecule has 0 amide bonds. The van der Waals surface area contributed by atoms with Crippen molar-refractivity contribution in [1.82, 2.24) is 9.97 Å². The first-order valence-electron chi connectivity index (χ1n) is 5.58. The smallest absolute Gasteiger partial charge is 0.115 e. The van der Waals surface area contributed by atoms with Gasteiger partial charge in [0.15, 0.2) is 0 Å². The largest absolute Gasteiger partial charge is 0.241 e. The summed E-state index contributed by atoms with van der Waals surface area (Å²) in [6.07, 6.45) is 2.63. The summed E-state index contributed by atoms with van der Waals surface area (Å²) >= 11 is 0. The van der Waals surface area contributed by atoms with Gasteiger partial charge in [0.05, 0.1) is 5.69 Å². The third-order valence-corrected chi connectivity index (χ3v) is 3.60. The zero-order valence-electron chi connectivity index (χ0n) is 9.83. The van der Waals surface area contributed by atoms with E-state index < -0.39 is 0 Å². The van der Waals surface area contributed by atoms with E-state index in [4.69, 9.17) is 0 Å². The van der Waals surface area contributed by atoms with E-state index in [9.17, 15) is 0 Å². The van der Waals surface area contributed by atoms with Crippen LogP contribution in [-0.2, 0) is 6.42 Å². The molecule has 0 saturated carbocycles. The van der Waals surface area contributed by atoms with Crippen LogP contribution >= 0.6 is 0 Å². The van der Waals surface area contributed by atoms with Crippen LogP contribution in [0, 0.1) is 20.8 Å². The summed E-state index contributed by atoms with van der Waals surface area (Å²) in [5, 5.41) is 0. The summed E-state index contributed by atoms with van der Waals surface area (Å²) < 4.78 is 0. The molecule has 2 aromatic rings. The van der Waals surface area contributed by atoms with Crippen LogP contribution in [0.3, 0.4) is 0 Å². The van der Waals surface area contributed by atoms with Crippen LogP contribution < -0.4 is 0 Å². The highest BCUT2D eigenvalue weighted by Crippen LogP contribution is 2.39. The third-order valence-electron chi connectivity index (χ3n) is 3.60. The topological polar surface area (TPSA) is 25.8 Å². The molecule has 2 heteroatoms. The molecule has 1 aliphatic carbocycles. The number of nitrogens with zero attached hydrogens (tertiary/aromatic N) is 2. The van der Waals surface area contributed by atoms with Crippen molar-refractivity contribution in [1.29, 1.82) is 0 Å². The SMILES string of the molecule is Cc1ccc2c(c1C)Cc1ncnc(C)c1-2. The highest BCUT2D eigenvalue weighted by atomic mass is 14.8. The molecule has 0 saturated heterocycles. The van der Waals surface area contributed by atoms with Crippen LogP contribution in [0.15, 0.2) is 18.5 Å². The Labute approximate surface area is 95.4 Å². The molecule has 2 nitrogen and oxygen atoms in total. The second-order valence-corrected chi connectivity index (χ2v) is 4.49. The van der Waals surface area contributed by atoms with E-state index in [0.717, 1.165) is 12.1 Å². The molecule has 16 heavy (non-hydrogen) atoms. The number of fused-ring (bicyclic) bond motifs is 3. The molecule has 0 atom stereocenters. The molecule has 1 aromatic heterocycles. The lowest BCUT2D eigenvalue weighted by Gasteiger charge is -2.07. The van der Waals surface area contributed by atoms with Gasteiger partial charge < -0.3 is 0 Å². The molecular weight excluding hydrogens is 196 g/mol. The highest BCUT2D eigenvalue weighted by Gasteiger charge is 2.23. The first kappa shape index (κ1) is 9.52. The lowest BCUT2D eigenvalue weighted by Crippen LogP contribution is -1.91. The van der Waals surface area contributed by atoms with Crippen molar-refractivity contribution in [2.24, 2.45) is 0 Å². The first-order chi connectivity index (χ1) is 7.68. The van der Waals surface area contributed by atoms with Crippen molar-refractivity contribution in [3.63, 3.8) is 0 Å². The molecule has 3 rings (SSSR count). The molecule has 0 fully saturated rings. The Morgan fingerprint density at radius 2 is 1.88 bits per heavy atom. The summed E-state index contributed by atoms with van der Waals surface area (Å²) in [7, 11) is 0. The van der Waals surface area contributed by atoms with E-state index in [-0.39, 0.29) is 0 Å². The summed E-state index contributed by atoms with van der Waals surface area (Å²) in [5.41, 5.74) is 9.03. The van der Waals surface area contributed by atoms with Gasteiger partial charge in [-0.25, -0.2) is 9.97 Å². The third kappa shape index (κ3) is 1.13. The van der Waals surface area contributed by atoms with Crippen molar-refractivity contribution < 1.29 is 0 Å². The van der Waals surface area contributed by atoms with Gasteiger partial charge in [-0.05, 0) is 43.0 Å². The number of aryl methyl sites for hydroxylation is 2. The van der Waals surface area contributed by atoms with Crippen molar-refractivity contribution in [3.05, 3.63) is 46.5 Å². The Balaban J connectivity index is 2.34. The van der Waals surface area contributed by atoms with E-state index in [1.807, 2.05) is 0 Å². The van der Waals surface area contributed by atoms with Crippen molar-refractivity contribution in [3.8, 4) is 11.1 Å². The van der Waals surface area contributed by atoms with Crippen molar-refractivity contribution in [2.75, 3.05) is 0 Å². The van der Waals surface area contributed by atoms with E-state index in [2.05, 4.69) is 42.9 Å². The zero-order valence-corrected chi connectivity index (χ0v) is 9.83. The Bertz CT molecular complexity index is 586. The Hall–Kier alpha value is -1.70. The summed E-state index contributed by atoms with van der Waals surface area (Å²) in [6, 6.07) is 4.40. The second kappa shape index (κ2) is 3.14. The maximum Gasteiger partial charge on any atom is 0.115 e. The molecule has 0 spiro atoms. The molecule has 1 aliphatic rings. The van der Waals surface area contributed by atoms with Crippen LogP contribution in [0.4, 0.5) is 0 Å². The number of benzene rings is 1. The zero-order chi connectivity index (χ0) is 11.3. The van der Waals surface area contributed by atoms with E-state index in [0.29, 0.717) is 0 Å². The van der Waals surface area contributed by atoms with Gasteiger partial charge in [0.25, 0.3) is 0 Å². The van der Waals surface area contributed by atoms with Crippen molar-refractivity contribution >= 4 is 0 Å². The fraction of sp³-hybridized carbons (Fsp3) is 0.286. The summed E-state index contributed by atoms with van der Waals surface area (Å²) in [5.74, 6) is 0. The molecule has 0 aliphatic heterocycles. The molecule has 0 N–H and O–H groups in total. The van der Waals surface area contributed by atoms with E-state index in [1.165, 1.54) is 33.5 Å². The van der Waals surface area contributed by atoms with E-state index >= 15 is 0 Å². The molecule has 1 heterocycles. The number of aromatic nitrogens is 2. The predicted molar refractivity (Wildman–Crippen MR) is 64.5 cm³/mol. The summed E-state index contributed by atoms with van der Waals surface area (Å²) in [4.78, 5) is 8.69. The fourth-order valence-corrected chi connectivity index (χ4v) is 2.51. The number of hydrogen-bond donors (Lipinski definition) is 0. The molecule has 0 unspecified atom stereocenters. The second-order valence-electron chi connectivity index (χ2n) is 4.49. The van der Waals surface area contributed by atoms with Crippen LogP contribution in [0.1, 0.15) is 28.1 Å². The lowest BCUT2D eigenvalue weighted by molar-refractivity contribution is 1.03. The minimum Gasteiger partial charge on any atom is -0.241 e. The maximum absolute atomic E-state index is 4.39. The minimum atomic E-state index is 0.960. The van der Waals surface area contributed by atoms with Crippen LogP contribution in [0.2, 0.25) is 0 Å². The van der Waals surface area contributed by atoms with Gasteiger partial charge >= 0.3 is 0 Å². The van der Waals surface area contributed by atoms with Gasteiger partial charge in [0.1, 0.15) is 6.33 Å². The van der Waals surface area contributed by atoms with Crippen LogP contribution in [0.25, 0.3) is 11.1 Å². The van der Waals surface area contributed by atoms with Gasteiger partial charge in [0.2, 0.25) is 0 Å². The standard InChI is InChI=1S/C14H14N2/c1-8-4-5-11-12(9(8)2)6-13-14(11)10(3)15-7-16-13/h4-5,7H,6H2,1-3H3. The van der Waals surface area contributed by atoms with Gasteiger partial charge in [0, 0.05) is 17.7 Å². The highest BCUT2D eigenvalue weighted by molar-refractivity contribution is 5.78. The maximum atomic E-state index is 4.39. The van der Waals surface area contributed by atoms with Crippen LogP contribution in [-0.4, -0.2) is 9.97 Å². The van der Waals surface area contributed by atoms with Gasteiger partial charge in [-0.2, -0.15) is 0 Å². The Morgan fingerprint density at radius 1 is 1.06 bits per heavy atom. The van der Waals surface area contributed by atoms with Gasteiger partial charge in [-0.15, -0.1) is 0 Å². The number of hydrogen-bond acceptors (Lipinski definition) is 2. The lowest BCUT2D eigenvalue weighted by atomic mass is 9.98. The minimum absolute atomic E-state index is 0.960. The van der Waals surface area contributed by atoms with Gasteiger partial charge in [-0.1, -0.05) is 12.1 Å². The van der Waals surface area contributed by atoms with E-state index in [1.54, 1.807) is 6.33 Å². The van der Waals surface area contributed by atoms with Crippen LogP contribution in [0.5, 0.6) is 0 Å². The Kier molecular flexibility index (Phi) is 1.87. The average Bonchev–Trinajstić information content (AvgIpc) is 2.64.